The molecular formula is C25H25Cl2N3O2. The highest BCUT2D eigenvalue weighted by Gasteiger charge is 2.34. The molecule has 5 rings (SSSR count). The lowest BCUT2D eigenvalue weighted by molar-refractivity contribution is -0.129. The number of aromatic amines is 1. The molecule has 2 aromatic carbocycles. The number of fused-ring (bicyclic) bond motifs is 3. The van der Waals surface area contributed by atoms with Crippen molar-refractivity contribution in [3.63, 3.8) is 0 Å². The third kappa shape index (κ3) is 4.12. The summed E-state index contributed by atoms with van der Waals surface area (Å²) < 4.78 is 0. The second-order valence-corrected chi connectivity index (χ2v) is 9.65. The van der Waals surface area contributed by atoms with Gasteiger partial charge in [0.2, 0.25) is 5.91 Å². The monoisotopic (exact) mass is 469 g/mol. The van der Waals surface area contributed by atoms with E-state index in [4.69, 9.17) is 23.2 Å². The molecule has 2 aliphatic rings. The van der Waals surface area contributed by atoms with Crippen LogP contribution in [-0.4, -0.2) is 41.3 Å². The van der Waals surface area contributed by atoms with Crippen LogP contribution in [0.5, 0.6) is 0 Å². The van der Waals surface area contributed by atoms with E-state index in [-0.39, 0.29) is 18.4 Å². The maximum absolute atomic E-state index is 12.7. The van der Waals surface area contributed by atoms with Crippen LogP contribution in [0.1, 0.15) is 34.5 Å². The number of para-hydroxylation sites is 1. The first kappa shape index (κ1) is 21.4. The summed E-state index contributed by atoms with van der Waals surface area (Å²) in [6.45, 7) is 1.51. The largest absolute Gasteiger partial charge is 0.358 e. The Hall–Kier alpha value is -2.50. The van der Waals surface area contributed by atoms with Crippen molar-refractivity contribution in [2.75, 3.05) is 19.6 Å². The minimum absolute atomic E-state index is 0.0113. The van der Waals surface area contributed by atoms with E-state index in [1.165, 1.54) is 28.2 Å². The highest BCUT2D eigenvalue weighted by molar-refractivity contribution is 6.42. The van der Waals surface area contributed by atoms with Gasteiger partial charge < -0.3 is 15.2 Å². The predicted molar refractivity (Wildman–Crippen MR) is 127 cm³/mol. The Morgan fingerprint density at radius 3 is 2.75 bits per heavy atom. The lowest BCUT2D eigenvalue weighted by atomic mass is 9.78. The summed E-state index contributed by atoms with van der Waals surface area (Å²) in [7, 11) is 0. The summed E-state index contributed by atoms with van der Waals surface area (Å²) in [6, 6.07) is 13.2. The molecule has 32 heavy (non-hydrogen) atoms. The van der Waals surface area contributed by atoms with Crippen LogP contribution in [0.3, 0.4) is 0 Å². The molecule has 2 N–H and O–H groups in total. The van der Waals surface area contributed by atoms with Crippen LogP contribution in [0, 0.1) is 11.8 Å². The van der Waals surface area contributed by atoms with Crippen molar-refractivity contribution >= 4 is 45.9 Å². The van der Waals surface area contributed by atoms with E-state index in [9.17, 15) is 9.59 Å². The molecule has 3 aromatic rings. The number of rotatable bonds is 4. The maximum atomic E-state index is 12.7. The molecule has 1 aromatic heterocycles. The van der Waals surface area contributed by atoms with Crippen LogP contribution < -0.4 is 5.32 Å². The molecule has 1 aliphatic carbocycles. The van der Waals surface area contributed by atoms with Crippen molar-refractivity contribution < 1.29 is 9.59 Å². The zero-order valence-electron chi connectivity index (χ0n) is 17.7. The number of nitrogens with one attached hydrogen (secondary N) is 2. The molecular weight excluding hydrogens is 445 g/mol. The molecule has 0 radical (unpaired) electrons. The summed E-state index contributed by atoms with van der Waals surface area (Å²) in [5.74, 6) is 0.720. The van der Waals surface area contributed by atoms with E-state index in [2.05, 4.69) is 34.6 Å². The fourth-order valence-corrected chi connectivity index (χ4v) is 5.52. The number of aryl methyl sites for hydroxylation is 1. The number of nitrogens with zero attached hydrogens (tertiary/aromatic N) is 1. The third-order valence-corrected chi connectivity index (χ3v) is 7.70. The Bertz CT molecular complexity index is 1190. The zero-order valence-corrected chi connectivity index (χ0v) is 19.2. The van der Waals surface area contributed by atoms with Gasteiger partial charge in [0, 0.05) is 35.2 Å². The quantitative estimate of drug-likeness (QED) is 0.572. The molecule has 2 heterocycles. The summed E-state index contributed by atoms with van der Waals surface area (Å²) in [5, 5.41) is 4.77. The van der Waals surface area contributed by atoms with Crippen molar-refractivity contribution in [2.24, 2.45) is 11.8 Å². The average Bonchev–Trinajstić information content (AvgIpc) is 3.43. The second kappa shape index (κ2) is 8.80. The van der Waals surface area contributed by atoms with Gasteiger partial charge in [0.1, 0.15) is 0 Å². The molecule has 1 fully saturated rings. The van der Waals surface area contributed by atoms with Crippen molar-refractivity contribution in [3.05, 3.63) is 69.3 Å². The summed E-state index contributed by atoms with van der Waals surface area (Å²) in [5.41, 5.74) is 4.44. The first-order valence-electron chi connectivity index (χ1n) is 11.1. The number of carbonyl (C=O) groups is 2. The van der Waals surface area contributed by atoms with Crippen LogP contribution in [0.4, 0.5) is 0 Å². The van der Waals surface area contributed by atoms with Crippen LogP contribution in [0.25, 0.3) is 10.9 Å². The van der Waals surface area contributed by atoms with Gasteiger partial charge in [-0.25, -0.2) is 0 Å². The molecule has 5 nitrogen and oxygen atoms in total. The number of benzene rings is 2. The van der Waals surface area contributed by atoms with Gasteiger partial charge in [0.05, 0.1) is 16.6 Å². The number of hydrogen-bond acceptors (Lipinski definition) is 2. The van der Waals surface area contributed by atoms with Gasteiger partial charge in [-0.15, -0.1) is 0 Å². The first-order valence-corrected chi connectivity index (χ1v) is 11.8. The highest BCUT2D eigenvalue weighted by Crippen LogP contribution is 2.37. The van der Waals surface area contributed by atoms with Crippen LogP contribution in [0.15, 0.2) is 42.5 Å². The molecule has 0 spiro atoms. The van der Waals surface area contributed by atoms with E-state index in [1.54, 1.807) is 12.1 Å². The number of likely N-dealkylation sites (tertiary alicyclic amines) is 1. The predicted octanol–water partition coefficient (Wildman–Crippen LogP) is 4.86. The van der Waals surface area contributed by atoms with E-state index in [1.807, 2.05) is 4.90 Å². The molecule has 2 atom stereocenters. The Morgan fingerprint density at radius 2 is 1.91 bits per heavy atom. The highest BCUT2D eigenvalue weighted by atomic mass is 35.5. The Labute approximate surface area is 197 Å². The van der Waals surface area contributed by atoms with Gasteiger partial charge in [-0.2, -0.15) is 0 Å². The van der Waals surface area contributed by atoms with E-state index in [0.29, 0.717) is 27.4 Å². The number of hydrogen-bond donors (Lipinski definition) is 2. The Kier molecular flexibility index (Phi) is 5.87. The lowest BCUT2D eigenvalue weighted by Gasteiger charge is -2.28. The van der Waals surface area contributed by atoms with Crippen LogP contribution in [0.2, 0.25) is 10.0 Å². The fourth-order valence-electron chi connectivity index (χ4n) is 5.22. The summed E-state index contributed by atoms with van der Waals surface area (Å²) in [4.78, 5) is 30.5. The number of carbonyl (C=O) groups excluding carboxylic acids is 2. The molecule has 166 valence electrons. The molecule has 1 aliphatic heterocycles. The van der Waals surface area contributed by atoms with E-state index < -0.39 is 0 Å². The zero-order chi connectivity index (χ0) is 22.2. The van der Waals surface area contributed by atoms with E-state index >= 15 is 0 Å². The fraction of sp³-hybridized carbons (Fsp3) is 0.360. The summed E-state index contributed by atoms with van der Waals surface area (Å²) >= 11 is 11.9. The molecule has 1 saturated heterocycles. The standard InChI is InChI=1S/C25H25Cl2N3O2/c26-20-8-6-16(11-21(20)27)25(32)28-13-24(31)30-10-9-17(14-30)15-5-7-19-18-3-1-2-4-22(18)29-23(19)12-15/h1-4,6,8,11,15,17,29H,5,7,9-10,12-14H2,(H,28,32). The van der Waals surface area contributed by atoms with Crippen molar-refractivity contribution in [1.82, 2.24) is 15.2 Å². The van der Waals surface area contributed by atoms with Gasteiger partial charge in [-0.05, 0) is 67.3 Å². The van der Waals surface area contributed by atoms with Gasteiger partial charge in [0.25, 0.3) is 5.91 Å². The number of halogens is 2. The normalized spacial score (nSPS) is 20.4. The molecule has 2 unspecified atom stereocenters. The van der Waals surface area contributed by atoms with Gasteiger partial charge in [-0.3, -0.25) is 9.59 Å². The minimum Gasteiger partial charge on any atom is -0.358 e. The van der Waals surface area contributed by atoms with Gasteiger partial charge >= 0.3 is 0 Å². The average molecular weight is 470 g/mol. The Balaban J connectivity index is 1.16. The lowest BCUT2D eigenvalue weighted by Crippen LogP contribution is -2.39. The van der Waals surface area contributed by atoms with Crippen molar-refractivity contribution in [1.29, 1.82) is 0 Å². The first-order chi connectivity index (χ1) is 15.5. The maximum Gasteiger partial charge on any atom is 0.251 e. The SMILES string of the molecule is O=C(NCC(=O)N1CCC(C2CCc3c([nH]c4ccccc34)C2)C1)c1ccc(Cl)c(Cl)c1. The number of amides is 2. The van der Waals surface area contributed by atoms with Crippen molar-refractivity contribution in [2.45, 2.75) is 25.7 Å². The minimum atomic E-state index is -0.328. The molecule has 0 saturated carbocycles. The Morgan fingerprint density at radius 1 is 1.06 bits per heavy atom. The smallest absolute Gasteiger partial charge is 0.251 e. The number of aromatic nitrogens is 1. The second-order valence-electron chi connectivity index (χ2n) is 8.83. The number of H-pyrrole nitrogens is 1. The topological polar surface area (TPSA) is 65.2 Å². The van der Waals surface area contributed by atoms with Crippen LogP contribution >= 0.6 is 23.2 Å². The van der Waals surface area contributed by atoms with Crippen molar-refractivity contribution in [3.8, 4) is 0 Å². The van der Waals surface area contributed by atoms with Gasteiger partial charge in [-0.1, -0.05) is 41.4 Å². The van der Waals surface area contributed by atoms with Gasteiger partial charge in [0.15, 0.2) is 0 Å². The third-order valence-electron chi connectivity index (χ3n) is 6.96. The molecule has 0 bridgehead atoms. The van der Waals surface area contributed by atoms with Crippen LogP contribution in [-0.2, 0) is 17.6 Å². The molecule has 2 amide bonds. The summed E-state index contributed by atoms with van der Waals surface area (Å²) in [6.07, 6.45) is 4.32. The molecule has 7 heteroatoms. The van der Waals surface area contributed by atoms with E-state index in [0.717, 1.165) is 38.8 Å².